The lowest BCUT2D eigenvalue weighted by atomic mass is 10.1. The van der Waals surface area contributed by atoms with Crippen molar-refractivity contribution in [2.75, 3.05) is 7.11 Å². The second-order valence-electron chi connectivity index (χ2n) is 3.80. The lowest BCUT2D eigenvalue weighted by molar-refractivity contribution is 0.0558. The van der Waals surface area contributed by atoms with Crippen LogP contribution in [-0.4, -0.2) is 18.2 Å². The fourth-order valence-electron chi connectivity index (χ4n) is 1.61. The summed E-state index contributed by atoms with van der Waals surface area (Å²) in [4.78, 5) is 11.2. The fraction of sp³-hybridized carbons (Fsp3) is 0.154. The standard InChI is InChI=1S/C13H10ClFO4/c1-18-13(17)11-3-2-10(19-11)12(16)7-4-8(14)6-9(15)5-7/h2-6,12,16H,1H3. The Morgan fingerprint density at radius 2 is 2.16 bits per heavy atom. The molecular weight excluding hydrogens is 275 g/mol. The number of furan rings is 1. The average molecular weight is 285 g/mol. The molecule has 0 fully saturated rings. The molecule has 0 saturated heterocycles. The molecule has 2 rings (SSSR count). The third-order valence-electron chi connectivity index (χ3n) is 2.48. The van der Waals surface area contributed by atoms with Crippen LogP contribution in [0.15, 0.2) is 34.7 Å². The van der Waals surface area contributed by atoms with Crippen molar-refractivity contribution in [2.24, 2.45) is 0 Å². The Morgan fingerprint density at radius 3 is 2.79 bits per heavy atom. The first-order valence-electron chi connectivity index (χ1n) is 5.33. The van der Waals surface area contributed by atoms with Gasteiger partial charge in [-0.1, -0.05) is 11.6 Å². The summed E-state index contributed by atoms with van der Waals surface area (Å²) in [7, 11) is 1.22. The predicted octanol–water partition coefficient (Wildman–Crippen LogP) is 2.94. The number of carbonyl (C=O) groups is 1. The van der Waals surface area contributed by atoms with E-state index in [2.05, 4.69) is 4.74 Å². The van der Waals surface area contributed by atoms with Gasteiger partial charge in [-0.25, -0.2) is 9.18 Å². The minimum Gasteiger partial charge on any atom is -0.463 e. The molecular formula is C13H10ClFO4. The van der Waals surface area contributed by atoms with Crippen molar-refractivity contribution < 1.29 is 23.4 Å². The Balaban J connectivity index is 2.30. The van der Waals surface area contributed by atoms with E-state index >= 15 is 0 Å². The third kappa shape index (κ3) is 2.94. The number of ether oxygens (including phenoxy) is 1. The maximum atomic E-state index is 13.2. The zero-order valence-electron chi connectivity index (χ0n) is 9.89. The molecule has 1 N–H and O–H groups in total. The summed E-state index contributed by atoms with van der Waals surface area (Å²) in [5.74, 6) is -1.17. The first kappa shape index (κ1) is 13.6. The molecule has 0 saturated carbocycles. The molecule has 4 nitrogen and oxygen atoms in total. The van der Waals surface area contributed by atoms with Gasteiger partial charge in [0.1, 0.15) is 17.7 Å². The summed E-state index contributed by atoms with van der Waals surface area (Å²) in [5, 5.41) is 10.2. The lowest BCUT2D eigenvalue weighted by Gasteiger charge is -2.08. The predicted molar refractivity (Wildman–Crippen MR) is 65.5 cm³/mol. The largest absolute Gasteiger partial charge is 0.463 e. The van der Waals surface area contributed by atoms with Crippen LogP contribution in [0.2, 0.25) is 5.02 Å². The number of esters is 1. The van der Waals surface area contributed by atoms with Crippen LogP contribution >= 0.6 is 11.6 Å². The van der Waals surface area contributed by atoms with Crippen LogP contribution in [0.25, 0.3) is 0 Å². The second-order valence-corrected chi connectivity index (χ2v) is 4.24. The van der Waals surface area contributed by atoms with E-state index < -0.39 is 17.9 Å². The van der Waals surface area contributed by atoms with Crippen LogP contribution in [0.1, 0.15) is 28.0 Å². The zero-order valence-corrected chi connectivity index (χ0v) is 10.6. The van der Waals surface area contributed by atoms with Gasteiger partial charge in [0.2, 0.25) is 5.76 Å². The number of carbonyl (C=O) groups excluding carboxylic acids is 1. The smallest absolute Gasteiger partial charge is 0.373 e. The quantitative estimate of drug-likeness (QED) is 0.880. The van der Waals surface area contributed by atoms with Gasteiger partial charge in [-0.2, -0.15) is 0 Å². The molecule has 1 aromatic carbocycles. The molecule has 6 heteroatoms. The van der Waals surface area contributed by atoms with Crippen LogP contribution in [0.5, 0.6) is 0 Å². The van der Waals surface area contributed by atoms with E-state index in [0.717, 1.165) is 12.1 Å². The van der Waals surface area contributed by atoms with E-state index in [1.54, 1.807) is 0 Å². The van der Waals surface area contributed by atoms with E-state index in [0.29, 0.717) is 0 Å². The van der Waals surface area contributed by atoms with Crippen molar-refractivity contribution in [1.29, 1.82) is 0 Å². The average Bonchev–Trinajstić information content (AvgIpc) is 2.85. The number of rotatable bonds is 3. The number of methoxy groups -OCH3 is 1. The van der Waals surface area contributed by atoms with Crippen LogP contribution in [0.3, 0.4) is 0 Å². The van der Waals surface area contributed by atoms with E-state index in [4.69, 9.17) is 16.0 Å². The molecule has 1 unspecified atom stereocenters. The number of benzene rings is 1. The monoisotopic (exact) mass is 284 g/mol. The Bertz CT molecular complexity index is 588. The highest BCUT2D eigenvalue weighted by molar-refractivity contribution is 6.30. The molecule has 0 aliphatic carbocycles. The fourth-order valence-corrected chi connectivity index (χ4v) is 1.84. The molecule has 0 amide bonds. The van der Waals surface area contributed by atoms with Gasteiger partial charge in [0.25, 0.3) is 0 Å². The molecule has 2 aromatic rings. The van der Waals surface area contributed by atoms with E-state index in [1.165, 1.54) is 25.3 Å². The first-order chi connectivity index (χ1) is 9.01. The summed E-state index contributed by atoms with van der Waals surface area (Å²) in [6, 6.07) is 6.45. The maximum absolute atomic E-state index is 13.2. The molecule has 1 aromatic heterocycles. The normalized spacial score (nSPS) is 12.2. The molecule has 19 heavy (non-hydrogen) atoms. The number of hydrogen-bond donors (Lipinski definition) is 1. The maximum Gasteiger partial charge on any atom is 0.373 e. The van der Waals surface area contributed by atoms with E-state index in [9.17, 15) is 14.3 Å². The minimum atomic E-state index is -1.22. The van der Waals surface area contributed by atoms with Crippen LogP contribution < -0.4 is 0 Å². The second kappa shape index (κ2) is 5.42. The first-order valence-corrected chi connectivity index (χ1v) is 5.71. The summed E-state index contributed by atoms with van der Waals surface area (Å²) < 4.78 is 22.8. The number of aliphatic hydroxyl groups excluding tert-OH is 1. The summed E-state index contributed by atoms with van der Waals surface area (Å²) >= 11 is 5.70. The molecule has 1 atom stereocenters. The molecule has 0 aliphatic heterocycles. The molecule has 1 heterocycles. The number of hydrogen-bond acceptors (Lipinski definition) is 4. The van der Waals surface area contributed by atoms with Crippen LogP contribution in [0.4, 0.5) is 4.39 Å². The molecule has 0 bridgehead atoms. The van der Waals surface area contributed by atoms with Crippen molar-refractivity contribution in [3.63, 3.8) is 0 Å². The van der Waals surface area contributed by atoms with Crippen molar-refractivity contribution >= 4 is 17.6 Å². The van der Waals surface area contributed by atoms with Crippen molar-refractivity contribution in [1.82, 2.24) is 0 Å². The van der Waals surface area contributed by atoms with Crippen molar-refractivity contribution in [3.8, 4) is 0 Å². The summed E-state index contributed by atoms with van der Waals surface area (Å²) in [6.45, 7) is 0. The lowest BCUT2D eigenvalue weighted by Crippen LogP contribution is -2.01. The highest BCUT2D eigenvalue weighted by Crippen LogP contribution is 2.27. The van der Waals surface area contributed by atoms with Gasteiger partial charge in [-0.3, -0.25) is 0 Å². The molecule has 0 aliphatic rings. The molecule has 0 radical (unpaired) electrons. The van der Waals surface area contributed by atoms with E-state index in [-0.39, 0.29) is 22.1 Å². The Morgan fingerprint density at radius 1 is 1.42 bits per heavy atom. The van der Waals surface area contributed by atoms with Gasteiger partial charge < -0.3 is 14.3 Å². The van der Waals surface area contributed by atoms with Gasteiger partial charge >= 0.3 is 5.97 Å². The van der Waals surface area contributed by atoms with Gasteiger partial charge in [0, 0.05) is 5.02 Å². The number of aliphatic hydroxyl groups is 1. The Hall–Kier alpha value is -1.85. The summed E-state index contributed by atoms with van der Waals surface area (Å²) in [6.07, 6.45) is -1.22. The van der Waals surface area contributed by atoms with Crippen LogP contribution in [0, 0.1) is 5.82 Å². The highest BCUT2D eigenvalue weighted by atomic mass is 35.5. The SMILES string of the molecule is COC(=O)c1ccc(C(O)c2cc(F)cc(Cl)c2)o1. The molecule has 0 spiro atoms. The third-order valence-corrected chi connectivity index (χ3v) is 2.70. The topological polar surface area (TPSA) is 59.7 Å². The number of halogens is 2. The molecule has 100 valence electrons. The van der Waals surface area contributed by atoms with Gasteiger partial charge in [-0.15, -0.1) is 0 Å². The van der Waals surface area contributed by atoms with E-state index in [1.807, 2.05) is 0 Å². The van der Waals surface area contributed by atoms with Gasteiger partial charge in [-0.05, 0) is 35.9 Å². The van der Waals surface area contributed by atoms with Crippen molar-refractivity contribution in [3.05, 3.63) is 58.3 Å². The van der Waals surface area contributed by atoms with Crippen molar-refractivity contribution in [2.45, 2.75) is 6.10 Å². The highest BCUT2D eigenvalue weighted by Gasteiger charge is 2.19. The zero-order chi connectivity index (χ0) is 14.0. The van der Waals surface area contributed by atoms with Gasteiger partial charge in [0.15, 0.2) is 0 Å². The minimum absolute atomic E-state index is 0.0425. The van der Waals surface area contributed by atoms with Gasteiger partial charge in [0.05, 0.1) is 7.11 Å². The summed E-state index contributed by atoms with van der Waals surface area (Å²) in [5.41, 5.74) is 0.232. The van der Waals surface area contributed by atoms with Crippen LogP contribution in [-0.2, 0) is 4.74 Å². The Labute approximate surface area is 113 Å². The Kier molecular flexibility index (Phi) is 3.87.